The summed E-state index contributed by atoms with van der Waals surface area (Å²) in [4.78, 5) is 0. The van der Waals surface area contributed by atoms with Crippen LogP contribution in [0.2, 0.25) is 0 Å². The van der Waals surface area contributed by atoms with Gasteiger partial charge in [-0.25, -0.2) is 12.2 Å². The second kappa shape index (κ2) is 8.40. The molecule has 0 unspecified atom stereocenters. The first-order valence-corrected chi connectivity index (χ1v) is 4.88. The molecule has 0 bridgehead atoms. The normalized spacial score (nSPS) is 11.3. The summed E-state index contributed by atoms with van der Waals surface area (Å²) >= 11 is 0. The van der Waals surface area contributed by atoms with Crippen molar-refractivity contribution in [2.45, 2.75) is 20.3 Å². The van der Waals surface area contributed by atoms with Gasteiger partial charge < -0.3 is 0 Å². The van der Waals surface area contributed by atoms with Crippen LogP contribution in [-0.4, -0.2) is 0 Å². The Morgan fingerprint density at radius 1 is 1.13 bits per heavy atom. The summed E-state index contributed by atoms with van der Waals surface area (Å²) in [5.41, 5.74) is 1.33. The molecule has 0 saturated carbocycles. The van der Waals surface area contributed by atoms with Gasteiger partial charge >= 0.3 is 17.1 Å². The van der Waals surface area contributed by atoms with Crippen LogP contribution in [0.1, 0.15) is 25.8 Å². The van der Waals surface area contributed by atoms with Crippen LogP contribution in [0.25, 0.3) is 0 Å². The Morgan fingerprint density at radius 2 is 1.80 bits per heavy atom. The Morgan fingerprint density at radius 3 is 2.07 bits per heavy atom. The minimum absolute atomic E-state index is 0. The Labute approximate surface area is 104 Å². The molecule has 0 aromatic heterocycles. The van der Waals surface area contributed by atoms with Crippen LogP contribution in [0.4, 0.5) is 0 Å². The number of rotatable bonds is 1. The molecule has 2 rings (SSSR count). The maximum absolute atomic E-state index is 2.99. The Hall–Kier alpha value is -0.911. The van der Waals surface area contributed by atoms with E-state index in [1.54, 1.807) is 0 Å². The number of allylic oxidation sites excluding steroid dienone is 4. The zero-order valence-corrected chi connectivity index (χ0v) is 10.3. The molecule has 15 heavy (non-hydrogen) atoms. The molecular formula is C14H16Fe. The summed E-state index contributed by atoms with van der Waals surface area (Å²) in [6.45, 7) is 4.24. The van der Waals surface area contributed by atoms with Gasteiger partial charge in [-0.3, -0.25) is 6.08 Å². The van der Waals surface area contributed by atoms with E-state index in [2.05, 4.69) is 50.3 Å². The second-order valence-electron chi connectivity index (χ2n) is 3.37. The summed E-state index contributed by atoms with van der Waals surface area (Å²) in [7, 11) is 0. The van der Waals surface area contributed by atoms with Gasteiger partial charge in [0.05, 0.1) is 0 Å². The average molecular weight is 240 g/mol. The Kier molecular flexibility index (Phi) is 7.89. The SMILES string of the molecule is C[C-](C)c1ccccc1.[C-]1=CC=CC1.[Fe+2]. The molecule has 0 spiro atoms. The van der Waals surface area contributed by atoms with Gasteiger partial charge in [0.25, 0.3) is 0 Å². The van der Waals surface area contributed by atoms with Crippen molar-refractivity contribution in [1.29, 1.82) is 0 Å². The standard InChI is InChI=1S/C9H11.C5H5.Fe/c1-8(2)9-6-4-3-5-7-9;1-2-4-5-3-1;/h3-7H,1-2H3;1-3H,4H2;/q2*-1;+2. The third-order valence-electron chi connectivity index (χ3n) is 1.94. The van der Waals surface area contributed by atoms with E-state index in [9.17, 15) is 0 Å². The fourth-order valence-electron chi connectivity index (χ4n) is 1.11. The fourth-order valence-corrected chi connectivity index (χ4v) is 1.11. The molecular weight excluding hydrogens is 224 g/mol. The summed E-state index contributed by atoms with van der Waals surface area (Å²) in [5, 5.41) is 0. The van der Waals surface area contributed by atoms with Gasteiger partial charge in [0.15, 0.2) is 0 Å². The maximum Gasteiger partial charge on any atom is 2.00 e. The number of benzene rings is 1. The van der Waals surface area contributed by atoms with Gasteiger partial charge in [-0.2, -0.15) is 29.7 Å². The van der Waals surface area contributed by atoms with Crippen molar-refractivity contribution < 1.29 is 17.1 Å². The molecule has 1 aromatic rings. The molecule has 1 heteroatoms. The third kappa shape index (κ3) is 6.22. The molecule has 0 amide bonds. The number of hydrogen-bond donors (Lipinski definition) is 0. The number of hydrogen-bond acceptors (Lipinski definition) is 0. The van der Waals surface area contributed by atoms with E-state index in [0.29, 0.717) is 0 Å². The quantitative estimate of drug-likeness (QED) is 0.515. The average Bonchev–Trinajstić information content (AvgIpc) is 2.77. The molecule has 0 aliphatic heterocycles. The van der Waals surface area contributed by atoms with E-state index < -0.39 is 0 Å². The van der Waals surface area contributed by atoms with Crippen molar-refractivity contribution in [3.8, 4) is 0 Å². The molecule has 0 heterocycles. The molecule has 0 N–H and O–H groups in total. The van der Waals surface area contributed by atoms with Gasteiger partial charge in [-0.15, -0.1) is 18.6 Å². The topological polar surface area (TPSA) is 0 Å². The first-order chi connectivity index (χ1) is 6.80. The molecule has 1 aromatic carbocycles. The van der Waals surface area contributed by atoms with E-state index >= 15 is 0 Å². The zero-order valence-electron chi connectivity index (χ0n) is 9.18. The van der Waals surface area contributed by atoms with Crippen LogP contribution in [-0.2, 0) is 17.1 Å². The van der Waals surface area contributed by atoms with Gasteiger partial charge in [0.2, 0.25) is 0 Å². The molecule has 0 fully saturated rings. The van der Waals surface area contributed by atoms with Gasteiger partial charge in [0, 0.05) is 0 Å². The summed E-state index contributed by atoms with van der Waals surface area (Å²) in [6.07, 6.45) is 10.0. The largest absolute Gasteiger partial charge is 2.00 e. The van der Waals surface area contributed by atoms with Crippen LogP contribution < -0.4 is 0 Å². The van der Waals surface area contributed by atoms with Gasteiger partial charge in [-0.05, 0) is 0 Å². The van der Waals surface area contributed by atoms with E-state index in [1.165, 1.54) is 11.5 Å². The van der Waals surface area contributed by atoms with E-state index in [0.717, 1.165) is 6.42 Å². The first-order valence-electron chi connectivity index (χ1n) is 4.88. The maximum atomic E-state index is 2.99. The van der Waals surface area contributed by atoms with Crippen molar-refractivity contribution in [1.82, 2.24) is 0 Å². The summed E-state index contributed by atoms with van der Waals surface area (Å²) < 4.78 is 0. The van der Waals surface area contributed by atoms with E-state index in [1.807, 2.05) is 18.2 Å². The minimum atomic E-state index is 0. The van der Waals surface area contributed by atoms with Crippen LogP contribution in [0.5, 0.6) is 0 Å². The summed E-state index contributed by atoms with van der Waals surface area (Å²) in [6, 6.07) is 10.4. The third-order valence-corrected chi connectivity index (χ3v) is 1.94. The van der Waals surface area contributed by atoms with Crippen molar-refractivity contribution in [3.05, 3.63) is 66.1 Å². The Balaban J connectivity index is 0.000000280. The molecule has 0 atom stereocenters. The van der Waals surface area contributed by atoms with E-state index in [-0.39, 0.29) is 17.1 Å². The molecule has 0 nitrogen and oxygen atoms in total. The van der Waals surface area contributed by atoms with Crippen molar-refractivity contribution in [3.63, 3.8) is 0 Å². The fraction of sp³-hybridized carbons (Fsp3) is 0.214. The van der Waals surface area contributed by atoms with Crippen LogP contribution in [0.15, 0.2) is 48.6 Å². The van der Waals surface area contributed by atoms with Crippen molar-refractivity contribution in [2.75, 3.05) is 0 Å². The Bertz CT molecular complexity index is 286. The molecule has 80 valence electrons. The van der Waals surface area contributed by atoms with Crippen LogP contribution in [0.3, 0.4) is 0 Å². The molecule has 0 saturated heterocycles. The van der Waals surface area contributed by atoms with Crippen molar-refractivity contribution >= 4 is 0 Å². The minimum Gasteiger partial charge on any atom is -0.273 e. The molecule has 0 radical (unpaired) electrons. The molecule has 1 aliphatic carbocycles. The van der Waals surface area contributed by atoms with Crippen LogP contribution >= 0.6 is 0 Å². The zero-order chi connectivity index (χ0) is 10.2. The van der Waals surface area contributed by atoms with Gasteiger partial charge in [0.1, 0.15) is 0 Å². The predicted molar refractivity (Wildman–Crippen MR) is 61.7 cm³/mol. The van der Waals surface area contributed by atoms with Gasteiger partial charge in [-0.1, -0.05) is 19.9 Å². The first kappa shape index (κ1) is 14.1. The summed E-state index contributed by atoms with van der Waals surface area (Å²) in [5.74, 6) is 1.37. The van der Waals surface area contributed by atoms with Crippen molar-refractivity contribution in [2.24, 2.45) is 0 Å². The predicted octanol–water partition coefficient (Wildman–Crippen LogP) is 3.95. The van der Waals surface area contributed by atoms with Crippen LogP contribution in [0, 0.1) is 12.0 Å². The smallest absolute Gasteiger partial charge is 0.273 e. The van der Waals surface area contributed by atoms with E-state index in [4.69, 9.17) is 0 Å². The monoisotopic (exact) mass is 240 g/mol. The second-order valence-corrected chi connectivity index (χ2v) is 3.37. The molecule has 1 aliphatic rings.